The van der Waals surface area contributed by atoms with Crippen LogP contribution in [0.25, 0.3) is 0 Å². The predicted octanol–water partition coefficient (Wildman–Crippen LogP) is 0.929. The molecular formula is C14H24N2O3. The number of hydrogen-bond donors (Lipinski definition) is 1. The number of carbonyl (C=O) groups excluding carboxylic acids is 2. The molecule has 0 bridgehead atoms. The van der Waals surface area contributed by atoms with E-state index in [1.807, 2.05) is 6.92 Å². The molecule has 2 fully saturated rings. The lowest BCUT2D eigenvalue weighted by Crippen LogP contribution is -2.64. The summed E-state index contributed by atoms with van der Waals surface area (Å²) in [5.41, 5.74) is 0. The van der Waals surface area contributed by atoms with Crippen LogP contribution in [0.1, 0.15) is 39.0 Å². The highest BCUT2D eigenvalue weighted by atomic mass is 16.5. The van der Waals surface area contributed by atoms with E-state index < -0.39 is 0 Å². The topological polar surface area (TPSA) is 58.6 Å². The molecule has 1 heterocycles. The van der Waals surface area contributed by atoms with Gasteiger partial charge in [0.1, 0.15) is 12.1 Å². The van der Waals surface area contributed by atoms with Gasteiger partial charge in [0.15, 0.2) is 0 Å². The van der Waals surface area contributed by atoms with Crippen LogP contribution in [-0.2, 0) is 14.3 Å². The van der Waals surface area contributed by atoms with E-state index in [9.17, 15) is 9.59 Å². The van der Waals surface area contributed by atoms with E-state index in [1.54, 1.807) is 12.0 Å². The second-order valence-electron chi connectivity index (χ2n) is 5.51. The fourth-order valence-electron chi connectivity index (χ4n) is 2.79. The molecule has 2 rings (SSSR count). The molecule has 108 valence electrons. The molecule has 1 aliphatic heterocycles. The van der Waals surface area contributed by atoms with Gasteiger partial charge in [0.05, 0.1) is 0 Å². The molecule has 1 aliphatic carbocycles. The van der Waals surface area contributed by atoms with Gasteiger partial charge in [-0.15, -0.1) is 0 Å². The van der Waals surface area contributed by atoms with E-state index in [0.717, 1.165) is 32.1 Å². The third-order valence-corrected chi connectivity index (χ3v) is 3.90. The van der Waals surface area contributed by atoms with Gasteiger partial charge in [0.25, 0.3) is 0 Å². The quantitative estimate of drug-likeness (QED) is 0.699. The molecule has 2 aliphatic rings. The Morgan fingerprint density at radius 1 is 1.37 bits per heavy atom. The van der Waals surface area contributed by atoms with E-state index in [2.05, 4.69) is 5.32 Å². The van der Waals surface area contributed by atoms with Crippen molar-refractivity contribution >= 4 is 11.8 Å². The summed E-state index contributed by atoms with van der Waals surface area (Å²) in [5.74, 6) is 0.501. The minimum Gasteiger partial charge on any atom is -0.385 e. The Bertz CT molecular complexity index is 342. The van der Waals surface area contributed by atoms with Crippen molar-refractivity contribution in [3.05, 3.63) is 0 Å². The first kappa shape index (κ1) is 14.3. The third kappa shape index (κ3) is 3.26. The molecule has 0 radical (unpaired) electrons. The number of rotatable bonds is 7. The van der Waals surface area contributed by atoms with Crippen LogP contribution >= 0.6 is 0 Å². The smallest absolute Gasteiger partial charge is 0.245 e. The van der Waals surface area contributed by atoms with E-state index in [0.29, 0.717) is 19.1 Å². The molecule has 2 atom stereocenters. The zero-order chi connectivity index (χ0) is 13.8. The molecule has 2 unspecified atom stereocenters. The monoisotopic (exact) mass is 268 g/mol. The Morgan fingerprint density at radius 3 is 2.68 bits per heavy atom. The average molecular weight is 268 g/mol. The largest absolute Gasteiger partial charge is 0.385 e. The van der Waals surface area contributed by atoms with Crippen LogP contribution in [-0.4, -0.2) is 49.1 Å². The van der Waals surface area contributed by atoms with Crippen LogP contribution in [0.5, 0.6) is 0 Å². The van der Waals surface area contributed by atoms with Gasteiger partial charge < -0.3 is 15.0 Å². The van der Waals surface area contributed by atoms with Gasteiger partial charge in [-0.1, -0.05) is 13.3 Å². The summed E-state index contributed by atoms with van der Waals surface area (Å²) in [6, 6.07) is -0.562. The van der Waals surface area contributed by atoms with E-state index >= 15 is 0 Å². The van der Waals surface area contributed by atoms with E-state index in [4.69, 9.17) is 4.74 Å². The molecule has 1 saturated heterocycles. The lowest BCUT2D eigenvalue weighted by molar-refractivity contribution is -0.150. The first-order valence-corrected chi connectivity index (χ1v) is 7.28. The van der Waals surface area contributed by atoms with Crippen molar-refractivity contribution in [2.24, 2.45) is 5.92 Å². The van der Waals surface area contributed by atoms with Crippen molar-refractivity contribution in [3.63, 3.8) is 0 Å². The van der Waals surface area contributed by atoms with E-state index in [-0.39, 0.29) is 23.9 Å². The van der Waals surface area contributed by atoms with Crippen LogP contribution in [0, 0.1) is 5.92 Å². The van der Waals surface area contributed by atoms with E-state index in [1.165, 1.54) is 0 Å². The third-order valence-electron chi connectivity index (χ3n) is 3.90. The van der Waals surface area contributed by atoms with Crippen molar-refractivity contribution in [2.45, 2.75) is 51.1 Å². The van der Waals surface area contributed by atoms with Gasteiger partial charge in [-0.3, -0.25) is 9.59 Å². The van der Waals surface area contributed by atoms with Crippen LogP contribution < -0.4 is 5.32 Å². The maximum Gasteiger partial charge on any atom is 0.245 e. The number of methoxy groups -OCH3 is 1. The maximum atomic E-state index is 12.5. The Balaban J connectivity index is 2.05. The standard InChI is InChI=1S/C14H24N2O3/c1-3-5-11-14(18)16(8-4-9-19-2)12(10-6-7-10)13(17)15-11/h10-12H,3-9H2,1-2H3,(H,15,17). The molecule has 1 N–H and O–H groups in total. The summed E-state index contributed by atoms with van der Waals surface area (Å²) in [6.07, 6.45) is 4.53. The number of hydrogen-bond acceptors (Lipinski definition) is 3. The van der Waals surface area contributed by atoms with Gasteiger partial charge in [-0.25, -0.2) is 0 Å². The second kappa shape index (κ2) is 6.37. The zero-order valence-corrected chi connectivity index (χ0v) is 11.9. The molecule has 0 aromatic heterocycles. The average Bonchev–Trinajstić information content (AvgIpc) is 3.19. The van der Waals surface area contributed by atoms with Crippen LogP contribution in [0.15, 0.2) is 0 Å². The highest BCUT2D eigenvalue weighted by molar-refractivity contribution is 5.97. The normalized spacial score (nSPS) is 27.6. The lowest BCUT2D eigenvalue weighted by atomic mass is 10.0. The number of ether oxygens (including phenoxy) is 1. The molecule has 0 aromatic rings. The van der Waals surface area contributed by atoms with Crippen LogP contribution in [0.2, 0.25) is 0 Å². The zero-order valence-electron chi connectivity index (χ0n) is 11.9. The van der Waals surface area contributed by atoms with Gasteiger partial charge in [-0.2, -0.15) is 0 Å². The first-order chi connectivity index (χ1) is 9.19. The second-order valence-corrected chi connectivity index (χ2v) is 5.51. The first-order valence-electron chi connectivity index (χ1n) is 7.28. The Morgan fingerprint density at radius 2 is 2.11 bits per heavy atom. The van der Waals surface area contributed by atoms with Crippen molar-refractivity contribution in [1.82, 2.24) is 10.2 Å². The van der Waals surface area contributed by atoms with Crippen molar-refractivity contribution in [1.29, 1.82) is 0 Å². The summed E-state index contributed by atoms with van der Waals surface area (Å²) >= 11 is 0. The van der Waals surface area contributed by atoms with Gasteiger partial charge in [0, 0.05) is 20.3 Å². The number of amides is 2. The Hall–Kier alpha value is -1.10. The SMILES string of the molecule is CCCC1NC(=O)C(C2CC2)N(CCCOC)C1=O. The Labute approximate surface area is 114 Å². The molecule has 1 saturated carbocycles. The summed E-state index contributed by atoms with van der Waals surface area (Å²) < 4.78 is 5.04. The maximum absolute atomic E-state index is 12.5. The number of carbonyl (C=O) groups is 2. The van der Waals surface area contributed by atoms with Gasteiger partial charge >= 0.3 is 0 Å². The molecule has 0 spiro atoms. The molecular weight excluding hydrogens is 244 g/mol. The van der Waals surface area contributed by atoms with Crippen molar-refractivity contribution in [3.8, 4) is 0 Å². The highest BCUT2D eigenvalue weighted by Crippen LogP contribution is 2.37. The van der Waals surface area contributed by atoms with Gasteiger partial charge in [-0.05, 0) is 31.6 Å². The Kier molecular flexibility index (Phi) is 4.80. The summed E-state index contributed by atoms with van der Waals surface area (Å²) in [6.45, 7) is 3.28. The minimum atomic E-state index is -0.324. The van der Waals surface area contributed by atoms with Crippen LogP contribution in [0.3, 0.4) is 0 Å². The molecule has 5 heteroatoms. The highest BCUT2D eigenvalue weighted by Gasteiger charge is 2.47. The molecule has 19 heavy (non-hydrogen) atoms. The molecule has 0 aromatic carbocycles. The molecule has 2 amide bonds. The predicted molar refractivity (Wildman–Crippen MR) is 71.6 cm³/mol. The van der Waals surface area contributed by atoms with Crippen LogP contribution in [0.4, 0.5) is 0 Å². The van der Waals surface area contributed by atoms with Crippen molar-refractivity contribution < 1.29 is 14.3 Å². The molecule has 5 nitrogen and oxygen atoms in total. The van der Waals surface area contributed by atoms with Gasteiger partial charge in [0.2, 0.25) is 11.8 Å². The summed E-state index contributed by atoms with van der Waals surface area (Å²) in [5, 5.41) is 2.90. The number of nitrogens with one attached hydrogen (secondary N) is 1. The summed E-state index contributed by atoms with van der Waals surface area (Å²) in [7, 11) is 1.66. The number of piperazine rings is 1. The minimum absolute atomic E-state index is 0.0398. The number of nitrogens with zero attached hydrogens (tertiary/aromatic N) is 1. The van der Waals surface area contributed by atoms with Crippen molar-refractivity contribution in [2.75, 3.05) is 20.3 Å². The fraction of sp³-hybridized carbons (Fsp3) is 0.857. The summed E-state index contributed by atoms with van der Waals surface area (Å²) in [4.78, 5) is 26.5. The fourth-order valence-corrected chi connectivity index (χ4v) is 2.79. The lowest BCUT2D eigenvalue weighted by Gasteiger charge is -2.39.